The van der Waals surface area contributed by atoms with Crippen molar-refractivity contribution in [1.29, 1.82) is 0 Å². The van der Waals surface area contributed by atoms with Gasteiger partial charge in [0.1, 0.15) is 17.3 Å². The first-order valence-electron chi connectivity index (χ1n) is 8.65. The van der Waals surface area contributed by atoms with Crippen LogP contribution in [0.2, 0.25) is 0 Å². The van der Waals surface area contributed by atoms with Crippen LogP contribution in [-0.2, 0) is 0 Å². The number of pyridine rings is 1. The highest BCUT2D eigenvalue weighted by molar-refractivity contribution is 5.61. The first kappa shape index (κ1) is 16.7. The molecule has 1 aromatic heterocycles. The molecule has 1 radical (unpaired) electrons. The molecule has 0 atom stereocenters. The van der Waals surface area contributed by atoms with Crippen molar-refractivity contribution < 1.29 is 4.74 Å². The number of benzene rings is 3. The summed E-state index contributed by atoms with van der Waals surface area (Å²) in [6.45, 7) is 0. The van der Waals surface area contributed by atoms with Gasteiger partial charge in [0, 0.05) is 17.6 Å². The van der Waals surface area contributed by atoms with Crippen molar-refractivity contribution in [3.8, 4) is 11.5 Å². The van der Waals surface area contributed by atoms with Crippen molar-refractivity contribution in [2.24, 2.45) is 0 Å². The van der Waals surface area contributed by atoms with Gasteiger partial charge in [-0.15, -0.1) is 0 Å². The van der Waals surface area contributed by atoms with E-state index in [0.29, 0.717) is 5.75 Å². The Bertz CT molecular complexity index is 987. The molecule has 1 heterocycles. The summed E-state index contributed by atoms with van der Waals surface area (Å²) in [4.78, 5) is 4.25. The van der Waals surface area contributed by atoms with Gasteiger partial charge in [-0.05, 0) is 60.7 Å². The Morgan fingerprint density at radius 3 is 2.22 bits per heavy atom. The van der Waals surface area contributed by atoms with E-state index in [2.05, 4.69) is 21.7 Å². The van der Waals surface area contributed by atoms with Crippen molar-refractivity contribution in [3.63, 3.8) is 0 Å². The molecule has 4 aromatic rings. The second-order valence-corrected chi connectivity index (χ2v) is 5.89. The SMILES string of the molecule is [c]1c(Nc2ccccc2)cccc1Oc1ccc(Nc2ccccn2)cc1. The monoisotopic (exact) mass is 352 g/mol. The predicted molar refractivity (Wildman–Crippen MR) is 109 cm³/mol. The molecule has 0 saturated heterocycles. The number of nitrogens with one attached hydrogen (secondary N) is 2. The molecule has 0 spiro atoms. The third kappa shape index (κ3) is 4.64. The Balaban J connectivity index is 1.42. The molecule has 2 N–H and O–H groups in total. The van der Waals surface area contributed by atoms with Crippen LogP contribution in [0.25, 0.3) is 0 Å². The molecule has 0 aliphatic carbocycles. The molecule has 4 rings (SSSR count). The summed E-state index contributed by atoms with van der Waals surface area (Å²) in [6.07, 6.45) is 1.76. The number of para-hydroxylation sites is 1. The number of anilines is 4. The molecule has 0 saturated carbocycles. The molecule has 0 unspecified atom stereocenters. The van der Waals surface area contributed by atoms with E-state index in [1.165, 1.54) is 0 Å². The molecular formula is C23H18N3O. The number of ether oxygens (including phenoxy) is 1. The first-order valence-corrected chi connectivity index (χ1v) is 8.65. The van der Waals surface area contributed by atoms with Crippen LogP contribution in [0.15, 0.2) is 97.2 Å². The van der Waals surface area contributed by atoms with E-state index in [9.17, 15) is 0 Å². The Kier molecular flexibility index (Phi) is 4.97. The van der Waals surface area contributed by atoms with Crippen LogP contribution in [0, 0.1) is 6.07 Å². The molecule has 0 fully saturated rings. The molecule has 4 heteroatoms. The highest BCUT2D eigenvalue weighted by atomic mass is 16.5. The largest absolute Gasteiger partial charge is 0.457 e. The molecule has 27 heavy (non-hydrogen) atoms. The van der Waals surface area contributed by atoms with E-state index < -0.39 is 0 Å². The molecule has 0 amide bonds. The van der Waals surface area contributed by atoms with E-state index in [1.54, 1.807) is 6.20 Å². The van der Waals surface area contributed by atoms with Gasteiger partial charge in [0.25, 0.3) is 0 Å². The van der Waals surface area contributed by atoms with E-state index >= 15 is 0 Å². The van der Waals surface area contributed by atoms with Crippen LogP contribution >= 0.6 is 0 Å². The van der Waals surface area contributed by atoms with Gasteiger partial charge in [0.15, 0.2) is 0 Å². The fraction of sp³-hybridized carbons (Fsp3) is 0. The summed E-state index contributed by atoms with van der Waals surface area (Å²) in [5, 5.41) is 6.56. The van der Waals surface area contributed by atoms with Crippen LogP contribution in [0.4, 0.5) is 22.9 Å². The van der Waals surface area contributed by atoms with Crippen molar-refractivity contribution >= 4 is 22.9 Å². The summed E-state index contributed by atoms with van der Waals surface area (Å²) in [5.41, 5.74) is 2.81. The molecule has 3 aromatic carbocycles. The maximum atomic E-state index is 5.92. The first-order chi connectivity index (χ1) is 13.3. The van der Waals surface area contributed by atoms with Gasteiger partial charge in [-0.3, -0.25) is 0 Å². The van der Waals surface area contributed by atoms with Gasteiger partial charge in [-0.25, -0.2) is 4.98 Å². The number of hydrogen-bond acceptors (Lipinski definition) is 4. The van der Waals surface area contributed by atoms with Crippen LogP contribution in [0.1, 0.15) is 0 Å². The normalized spacial score (nSPS) is 10.2. The number of nitrogens with zero attached hydrogens (tertiary/aromatic N) is 1. The standard InChI is InChI=1S/C23H18N3O/c1-2-7-18(8-3-1)25-20-9-6-10-22(17-20)27-21-14-12-19(13-15-21)26-23-11-4-5-16-24-23/h1-16,25H,(H,24,26). The lowest BCUT2D eigenvalue weighted by molar-refractivity contribution is 0.482. The second kappa shape index (κ2) is 8.06. The summed E-state index contributed by atoms with van der Waals surface area (Å²) in [6, 6.07) is 32.5. The predicted octanol–water partition coefficient (Wildman–Crippen LogP) is 6.16. The zero-order valence-electron chi connectivity index (χ0n) is 14.6. The zero-order valence-corrected chi connectivity index (χ0v) is 14.6. The fourth-order valence-electron chi connectivity index (χ4n) is 2.58. The van der Waals surface area contributed by atoms with Crippen LogP contribution in [0.3, 0.4) is 0 Å². The maximum Gasteiger partial charge on any atom is 0.137 e. The minimum Gasteiger partial charge on any atom is -0.457 e. The van der Waals surface area contributed by atoms with Crippen LogP contribution < -0.4 is 15.4 Å². The molecule has 4 nitrogen and oxygen atoms in total. The highest BCUT2D eigenvalue weighted by Crippen LogP contribution is 2.26. The third-order valence-corrected chi connectivity index (χ3v) is 3.84. The Morgan fingerprint density at radius 2 is 1.44 bits per heavy atom. The van der Waals surface area contributed by atoms with Gasteiger partial charge < -0.3 is 15.4 Å². The lowest BCUT2D eigenvalue weighted by Crippen LogP contribution is -1.93. The van der Waals surface area contributed by atoms with Gasteiger partial charge in [-0.2, -0.15) is 0 Å². The Morgan fingerprint density at radius 1 is 0.667 bits per heavy atom. The summed E-state index contributed by atoms with van der Waals surface area (Å²) < 4.78 is 5.92. The third-order valence-electron chi connectivity index (χ3n) is 3.84. The van der Waals surface area contributed by atoms with E-state index in [4.69, 9.17) is 4.74 Å². The van der Waals surface area contributed by atoms with Crippen molar-refractivity contribution in [1.82, 2.24) is 4.98 Å². The minimum atomic E-state index is 0.654. The number of rotatable bonds is 6. The van der Waals surface area contributed by atoms with Crippen LogP contribution in [-0.4, -0.2) is 4.98 Å². The smallest absolute Gasteiger partial charge is 0.137 e. The van der Waals surface area contributed by atoms with E-state index in [0.717, 1.165) is 28.6 Å². The quantitative estimate of drug-likeness (QED) is 0.436. The van der Waals surface area contributed by atoms with Crippen LogP contribution in [0.5, 0.6) is 11.5 Å². The van der Waals surface area contributed by atoms with Gasteiger partial charge in [-0.1, -0.05) is 30.3 Å². The molecule has 0 aliphatic heterocycles. The average Bonchev–Trinajstić information content (AvgIpc) is 2.71. The summed E-state index contributed by atoms with van der Waals surface area (Å²) >= 11 is 0. The van der Waals surface area contributed by atoms with E-state index in [1.807, 2.05) is 91.0 Å². The van der Waals surface area contributed by atoms with Crippen molar-refractivity contribution in [2.45, 2.75) is 0 Å². The van der Waals surface area contributed by atoms with Crippen molar-refractivity contribution in [2.75, 3.05) is 10.6 Å². The Labute approximate surface area is 158 Å². The van der Waals surface area contributed by atoms with Gasteiger partial charge >= 0.3 is 0 Å². The summed E-state index contributed by atoms with van der Waals surface area (Å²) in [7, 11) is 0. The average molecular weight is 352 g/mol. The highest BCUT2D eigenvalue weighted by Gasteiger charge is 2.02. The minimum absolute atomic E-state index is 0.654. The lowest BCUT2D eigenvalue weighted by atomic mass is 10.2. The maximum absolute atomic E-state index is 5.92. The molecule has 0 aliphatic rings. The molecule has 131 valence electrons. The molecular weight excluding hydrogens is 334 g/mol. The molecule has 0 bridgehead atoms. The van der Waals surface area contributed by atoms with Gasteiger partial charge in [0.05, 0.1) is 11.8 Å². The van der Waals surface area contributed by atoms with E-state index in [-0.39, 0.29) is 0 Å². The summed E-state index contributed by atoms with van der Waals surface area (Å²) in [5.74, 6) is 2.20. The number of hydrogen-bond donors (Lipinski definition) is 2. The fourth-order valence-corrected chi connectivity index (χ4v) is 2.58. The zero-order chi connectivity index (χ0) is 18.3. The van der Waals surface area contributed by atoms with Crippen molar-refractivity contribution in [3.05, 3.63) is 103 Å². The Hall–Kier alpha value is -3.79. The number of aromatic nitrogens is 1. The topological polar surface area (TPSA) is 46.2 Å². The lowest BCUT2D eigenvalue weighted by Gasteiger charge is -2.10. The second-order valence-electron chi connectivity index (χ2n) is 5.89. The van der Waals surface area contributed by atoms with Gasteiger partial charge in [0.2, 0.25) is 0 Å².